The summed E-state index contributed by atoms with van der Waals surface area (Å²) in [5.74, 6) is 0. The zero-order valence-corrected chi connectivity index (χ0v) is 14.5. The number of aryl methyl sites for hydroxylation is 2. The van der Waals surface area contributed by atoms with Crippen molar-refractivity contribution in [1.82, 2.24) is 24.6 Å². The molecule has 1 aliphatic heterocycles. The summed E-state index contributed by atoms with van der Waals surface area (Å²) in [6.07, 6.45) is 3.76. The third-order valence-electron chi connectivity index (χ3n) is 4.83. The summed E-state index contributed by atoms with van der Waals surface area (Å²) in [4.78, 5) is 9.17. The third kappa shape index (κ3) is 3.79. The first kappa shape index (κ1) is 16.1. The van der Waals surface area contributed by atoms with Crippen molar-refractivity contribution in [2.75, 3.05) is 26.2 Å². The summed E-state index contributed by atoms with van der Waals surface area (Å²) in [6.45, 7) is 14.0. The topological polar surface area (TPSA) is 37.2 Å². The third-order valence-corrected chi connectivity index (χ3v) is 4.83. The van der Waals surface area contributed by atoms with Crippen LogP contribution < -0.4 is 0 Å². The fourth-order valence-corrected chi connectivity index (χ4v) is 3.35. The number of piperazine rings is 1. The molecule has 0 saturated carbocycles. The van der Waals surface area contributed by atoms with Gasteiger partial charge in [-0.05, 0) is 38.5 Å². The van der Waals surface area contributed by atoms with Gasteiger partial charge in [0, 0.05) is 69.5 Å². The molecule has 0 atom stereocenters. The summed E-state index contributed by atoms with van der Waals surface area (Å²) in [7, 11) is 0. The van der Waals surface area contributed by atoms with Gasteiger partial charge in [-0.2, -0.15) is 5.10 Å². The van der Waals surface area contributed by atoms with E-state index in [1.165, 1.54) is 22.5 Å². The highest BCUT2D eigenvalue weighted by atomic mass is 15.3. The zero-order valence-electron chi connectivity index (χ0n) is 14.5. The van der Waals surface area contributed by atoms with Crippen molar-refractivity contribution in [3.8, 4) is 0 Å². The summed E-state index contributed by atoms with van der Waals surface area (Å²) in [6, 6.07) is 4.22. The maximum Gasteiger partial charge on any atom is 0.0641 e. The minimum absolute atomic E-state index is 0.951. The van der Waals surface area contributed by atoms with Crippen LogP contribution in [-0.2, 0) is 19.6 Å². The average molecular weight is 313 g/mol. The second kappa shape index (κ2) is 7.23. The molecule has 0 amide bonds. The molecule has 23 heavy (non-hydrogen) atoms. The van der Waals surface area contributed by atoms with Crippen LogP contribution in [-0.4, -0.2) is 50.7 Å². The normalized spacial score (nSPS) is 16.8. The molecule has 0 aliphatic carbocycles. The molecule has 0 N–H and O–H groups in total. The SMILES string of the molecule is CCn1nc(C)c(CN2CCN(Cc3ccncc3)CC2)c1C. The van der Waals surface area contributed by atoms with Gasteiger partial charge in [-0.1, -0.05) is 0 Å². The first-order valence-corrected chi connectivity index (χ1v) is 8.54. The molecule has 0 aromatic carbocycles. The lowest BCUT2D eigenvalue weighted by Crippen LogP contribution is -2.45. The molecule has 2 aromatic rings. The second-order valence-electron chi connectivity index (χ2n) is 6.37. The van der Waals surface area contributed by atoms with E-state index >= 15 is 0 Å². The van der Waals surface area contributed by atoms with Crippen LogP contribution in [0.5, 0.6) is 0 Å². The van der Waals surface area contributed by atoms with Crippen LogP contribution in [0.3, 0.4) is 0 Å². The van der Waals surface area contributed by atoms with E-state index < -0.39 is 0 Å². The first-order valence-electron chi connectivity index (χ1n) is 8.54. The molecule has 124 valence electrons. The van der Waals surface area contributed by atoms with Crippen molar-refractivity contribution in [1.29, 1.82) is 0 Å². The second-order valence-corrected chi connectivity index (χ2v) is 6.37. The van der Waals surface area contributed by atoms with Gasteiger partial charge >= 0.3 is 0 Å². The average Bonchev–Trinajstić information content (AvgIpc) is 2.85. The number of hydrogen-bond donors (Lipinski definition) is 0. The fourth-order valence-electron chi connectivity index (χ4n) is 3.35. The smallest absolute Gasteiger partial charge is 0.0641 e. The Balaban J connectivity index is 1.54. The molecule has 0 spiro atoms. The number of pyridine rings is 1. The Hall–Kier alpha value is -1.72. The molecule has 1 aliphatic rings. The number of rotatable bonds is 5. The maximum atomic E-state index is 4.64. The van der Waals surface area contributed by atoms with Gasteiger partial charge in [0.25, 0.3) is 0 Å². The Kier molecular flexibility index (Phi) is 5.08. The summed E-state index contributed by atoms with van der Waals surface area (Å²) >= 11 is 0. The lowest BCUT2D eigenvalue weighted by Gasteiger charge is -2.34. The van der Waals surface area contributed by atoms with E-state index in [0.29, 0.717) is 0 Å². The first-order chi connectivity index (χ1) is 11.2. The van der Waals surface area contributed by atoms with Gasteiger partial charge < -0.3 is 0 Å². The highest BCUT2D eigenvalue weighted by molar-refractivity contribution is 5.24. The lowest BCUT2D eigenvalue weighted by atomic mass is 10.1. The predicted molar refractivity (Wildman–Crippen MR) is 92.2 cm³/mol. The quantitative estimate of drug-likeness (QED) is 0.848. The van der Waals surface area contributed by atoms with Gasteiger partial charge in [0.05, 0.1) is 5.69 Å². The molecule has 2 aromatic heterocycles. The molecule has 5 nitrogen and oxygen atoms in total. The van der Waals surface area contributed by atoms with Gasteiger partial charge in [0.1, 0.15) is 0 Å². The Labute approximate surface area is 138 Å². The van der Waals surface area contributed by atoms with Crippen LogP contribution >= 0.6 is 0 Å². The molecule has 0 radical (unpaired) electrons. The van der Waals surface area contributed by atoms with Crippen LogP contribution in [0.25, 0.3) is 0 Å². The van der Waals surface area contributed by atoms with Crippen molar-refractivity contribution >= 4 is 0 Å². The van der Waals surface area contributed by atoms with Gasteiger partial charge in [0.15, 0.2) is 0 Å². The van der Waals surface area contributed by atoms with Crippen LogP contribution in [0.15, 0.2) is 24.5 Å². The van der Waals surface area contributed by atoms with Crippen molar-refractivity contribution in [2.24, 2.45) is 0 Å². The van der Waals surface area contributed by atoms with E-state index in [1.54, 1.807) is 0 Å². The minimum Gasteiger partial charge on any atom is -0.297 e. The Bertz CT molecular complexity index is 626. The Morgan fingerprint density at radius 1 is 0.957 bits per heavy atom. The highest BCUT2D eigenvalue weighted by Gasteiger charge is 2.20. The number of aromatic nitrogens is 3. The lowest BCUT2D eigenvalue weighted by molar-refractivity contribution is 0.121. The van der Waals surface area contributed by atoms with Crippen LogP contribution in [0.4, 0.5) is 0 Å². The fraction of sp³-hybridized carbons (Fsp3) is 0.556. The van der Waals surface area contributed by atoms with E-state index in [9.17, 15) is 0 Å². The van der Waals surface area contributed by atoms with Crippen LogP contribution in [0, 0.1) is 13.8 Å². The molecular formula is C18H27N5. The van der Waals surface area contributed by atoms with E-state index in [4.69, 9.17) is 0 Å². The molecular weight excluding hydrogens is 286 g/mol. The van der Waals surface area contributed by atoms with Crippen LogP contribution in [0.1, 0.15) is 29.4 Å². The Morgan fingerprint density at radius 2 is 1.57 bits per heavy atom. The van der Waals surface area contributed by atoms with Gasteiger partial charge in [-0.25, -0.2) is 0 Å². The summed E-state index contributed by atoms with van der Waals surface area (Å²) < 4.78 is 2.12. The van der Waals surface area contributed by atoms with Gasteiger partial charge in [-0.15, -0.1) is 0 Å². The monoisotopic (exact) mass is 313 g/mol. The van der Waals surface area contributed by atoms with Crippen molar-refractivity contribution in [3.05, 3.63) is 47.0 Å². The standard InChI is InChI=1S/C18H27N5/c1-4-23-16(3)18(15(2)20-23)14-22-11-9-21(10-12-22)13-17-5-7-19-8-6-17/h5-8H,4,9-14H2,1-3H3. The van der Waals surface area contributed by atoms with E-state index in [0.717, 1.165) is 45.8 Å². The molecule has 0 bridgehead atoms. The predicted octanol–water partition coefficient (Wildman–Crippen LogP) is 2.23. The minimum atomic E-state index is 0.951. The van der Waals surface area contributed by atoms with Crippen molar-refractivity contribution in [3.63, 3.8) is 0 Å². The number of hydrogen-bond acceptors (Lipinski definition) is 4. The highest BCUT2D eigenvalue weighted by Crippen LogP contribution is 2.17. The molecule has 3 heterocycles. The van der Waals surface area contributed by atoms with Crippen molar-refractivity contribution in [2.45, 2.75) is 40.4 Å². The molecule has 5 heteroatoms. The van der Waals surface area contributed by atoms with Crippen LogP contribution in [0.2, 0.25) is 0 Å². The maximum absolute atomic E-state index is 4.64. The van der Waals surface area contributed by atoms with Gasteiger partial charge in [0.2, 0.25) is 0 Å². The van der Waals surface area contributed by atoms with Crippen molar-refractivity contribution < 1.29 is 0 Å². The molecule has 1 fully saturated rings. The molecule has 1 saturated heterocycles. The zero-order chi connectivity index (χ0) is 16.2. The van der Waals surface area contributed by atoms with E-state index in [1.807, 2.05) is 12.4 Å². The summed E-state index contributed by atoms with van der Waals surface area (Å²) in [5.41, 5.74) is 5.27. The number of nitrogens with zero attached hydrogens (tertiary/aromatic N) is 5. The van der Waals surface area contributed by atoms with E-state index in [-0.39, 0.29) is 0 Å². The van der Waals surface area contributed by atoms with Gasteiger partial charge in [-0.3, -0.25) is 19.5 Å². The summed E-state index contributed by atoms with van der Waals surface area (Å²) in [5, 5.41) is 4.64. The Morgan fingerprint density at radius 3 is 2.13 bits per heavy atom. The van der Waals surface area contributed by atoms with E-state index in [2.05, 4.69) is 57.5 Å². The largest absolute Gasteiger partial charge is 0.297 e. The molecule has 3 rings (SSSR count). The molecule has 0 unspecified atom stereocenters.